The SMILES string of the molecule is NNC[C@@H]1C[C@H](O)C[C@H](n2cc(Cc3ccc(C4CC4)cc3)c3c(Cl)cccc32)O1. The number of hydrogen-bond donors (Lipinski definition) is 3. The average Bonchev–Trinajstić information content (AvgIpc) is 3.51. The maximum atomic E-state index is 10.4. The molecule has 1 saturated carbocycles. The molecule has 5 rings (SSSR count). The van der Waals surface area contributed by atoms with Gasteiger partial charge in [0.25, 0.3) is 0 Å². The maximum Gasteiger partial charge on any atom is 0.136 e. The second kappa shape index (κ2) is 8.33. The Morgan fingerprint density at radius 2 is 1.93 bits per heavy atom. The van der Waals surface area contributed by atoms with E-state index in [4.69, 9.17) is 22.2 Å². The average molecular weight is 426 g/mol. The molecule has 0 bridgehead atoms. The summed E-state index contributed by atoms with van der Waals surface area (Å²) in [7, 11) is 0. The van der Waals surface area contributed by atoms with E-state index in [1.807, 2.05) is 12.1 Å². The summed E-state index contributed by atoms with van der Waals surface area (Å²) in [5.74, 6) is 6.25. The molecule has 0 radical (unpaired) electrons. The summed E-state index contributed by atoms with van der Waals surface area (Å²) in [6.07, 6.45) is 5.91. The van der Waals surface area contributed by atoms with Gasteiger partial charge in [-0.1, -0.05) is 41.9 Å². The van der Waals surface area contributed by atoms with Crippen LogP contribution in [0, 0.1) is 0 Å². The molecule has 3 aromatic rings. The highest BCUT2D eigenvalue weighted by molar-refractivity contribution is 6.35. The lowest BCUT2D eigenvalue weighted by Gasteiger charge is -2.34. The summed E-state index contributed by atoms with van der Waals surface area (Å²) in [6, 6.07) is 15.0. The lowest BCUT2D eigenvalue weighted by molar-refractivity contribution is -0.125. The summed E-state index contributed by atoms with van der Waals surface area (Å²) < 4.78 is 8.39. The van der Waals surface area contributed by atoms with Crippen molar-refractivity contribution in [3.63, 3.8) is 0 Å². The monoisotopic (exact) mass is 425 g/mol. The van der Waals surface area contributed by atoms with E-state index in [9.17, 15) is 5.11 Å². The van der Waals surface area contributed by atoms with Crippen LogP contribution in [0.1, 0.15) is 54.5 Å². The standard InChI is InChI=1S/C24H28ClN3O2/c25-21-2-1-3-22-24(21)18(10-15-4-6-16(7-5-15)17-8-9-17)14-28(22)23-12-19(29)11-20(30-23)13-27-26/h1-7,14,17,19-20,23,27,29H,8-13,26H2/t19-,20-,23+/m0/s1. The first-order valence-electron chi connectivity index (χ1n) is 10.8. The molecule has 2 aliphatic rings. The van der Waals surface area contributed by atoms with E-state index >= 15 is 0 Å². The Bertz CT molecular complexity index is 1030. The molecule has 30 heavy (non-hydrogen) atoms. The molecule has 1 aromatic heterocycles. The van der Waals surface area contributed by atoms with Gasteiger partial charge in [-0.2, -0.15) is 0 Å². The van der Waals surface area contributed by atoms with E-state index < -0.39 is 6.10 Å². The van der Waals surface area contributed by atoms with Crippen molar-refractivity contribution in [2.75, 3.05) is 6.54 Å². The molecule has 1 aliphatic carbocycles. The van der Waals surface area contributed by atoms with Crippen LogP contribution in [0.25, 0.3) is 10.9 Å². The molecule has 158 valence electrons. The Labute approximate surface area is 181 Å². The van der Waals surface area contributed by atoms with E-state index in [1.165, 1.54) is 29.5 Å². The van der Waals surface area contributed by atoms with Crippen LogP contribution in [0.2, 0.25) is 5.02 Å². The van der Waals surface area contributed by atoms with Gasteiger partial charge in [0, 0.05) is 31.0 Å². The quantitative estimate of drug-likeness (QED) is 0.407. The molecule has 1 saturated heterocycles. The minimum atomic E-state index is -0.419. The third-order valence-corrected chi connectivity index (χ3v) is 6.64. The van der Waals surface area contributed by atoms with E-state index in [2.05, 4.69) is 46.5 Å². The van der Waals surface area contributed by atoms with Gasteiger partial charge in [-0.25, -0.2) is 0 Å². The topological polar surface area (TPSA) is 72.4 Å². The molecule has 2 heterocycles. The summed E-state index contributed by atoms with van der Waals surface area (Å²) in [5, 5.41) is 12.2. The van der Waals surface area contributed by atoms with Crippen molar-refractivity contribution < 1.29 is 9.84 Å². The molecule has 0 spiro atoms. The maximum absolute atomic E-state index is 10.4. The third-order valence-electron chi connectivity index (χ3n) is 6.32. The number of aliphatic hydroxyl groups is 1. The smallest absolute Gasteiger partial charge is 0.136 e. The number of nitrogens with two attached hydrogens (primary N) is 1. The summed E-state index contributed by atoms with van der Waals surface area (Å²) in [4.78, 5) is 0. The number of aromatic nitrogens is 1. The normalized spacial score (nSPS) is 24.4. The minimum Gasteiger partial charge on any atom is -0.393 e. The van der Waals surface area contributed by atoms with Gasteiger partial charge in [-0.3, -0.25) is 11.3 Å². The van der Waals surface area contributed by atoms with E-state index in [0.29, 0.717) is 19.4 Å². The van der Waals surface area contributed by atoms with Crippen molar-refractivity contribution in [1.82, 2.24) is 9.99 Å². The Morgan fingerprint density at radius 3 is 2.67 bits per heavy atom. The number of nitrogens with zero attached hydrogens (tertiary/aromatic N) is 1. The zero-order chi connectivity index (χ0) is 20.7. The zero-order valence-corrected chi connectivity index (χ0v) is 17.7. The first-order valence-corrected chi connectivity index (χ1v) is 11.1. The van der Waals surface area contributed by atoms with Crippen molar-refractivity contribution >= 4 is 22.5 Å². The van der Waals surface area contributed by atoms with Crippen LogP contribution in [0.15, 0.2) is 48.7 Å². The number of halogens is 1. The number of hydrogen-bond acceptors (Lipinski definition) is 4. The second-order valence-corrected chi connectivity index (χ2v) is 9.04. The molecule has 0 amide bonds. The third kappa shape index (κ3) is 4.01. The van der Waals surface area contributed by atoms with Crippen molar-refractivity contribution in [1.29, 1.82) is 0 Å². The highest BCUT2D eigenvalue weighted by Crippen LogP contribution is 2.40. The lowest BCUT2D eigenvalue weighted by Crippen LogP contribution is -2.41. The van der Waals surface area contributed by atoms with E-state index in [1.54, 1.807) is 0 Å². The van der Waals surface area contributed by atoms with Crippen LogP contribution in [0.3, 0.4) is 0 Å². The number of nitrogens with one attached hydrogen (secondary N) is 1. The van der Waals surface area contributed by atoms with Crippen LogP contribution in [0.5, 0.6) is 0 Å². The fourth-order valence-corrected chi connectivity index (χ4v) is 4.96. The molecule has 2 fully saturated rings. The van der Waals surface area contributed by atoms with Gasteiger partial charge in [0.1, 0.15) is 6.23 Å². The first-order chi connectivity index (χ1) is 14.6. The fourth-order valence-electron chi connectivity index (χ4n) is 4.67. The van der Waals surface area contributed by atoms with Crippen molar-refractivity contribution in [2.24, 2.45) is 5.84 Å². The van der Waals surface area contributed by atoms with E-state index in [0.717, 1.165) is 28.3 Å². The van der Waals surface area contributed by atoms with Gasteiger partial charge in [-0.15, -0.1) is 0 Å². The Morgan fingerprint density at radius 1 is 1.13 bits per heavy atom. The van der Waals surface area contributed by atoms with Gasteiger partial charge in [0.2, 0.25) is 0 Å². The first kappa shape index (κ1) is 20.0. The summed E-state index contributed by atoms with van der Waals surface area (Å²) in [5.41, 5.74) is 7.59. The van der Waals surface area contributed by atoms with Crippen molar-refractivity contribution in [2.45, 2.75) is 56.5 Å². The van der Waals surface area contributed by atoms with Gasteiger partial charge >= 0.3 is 0 Å². The predicted molar refractivity (Wildman–Crippen MR) is 120 cm³/mol. The van der Waals surface area contributed by atoms with Crippen LogP contribution in [0.4, 0.5) is 0 Å². The van der Waals surface area contributed by atoms with E-state index in [-0.39, 0.29) is 12.3 Å². The van der Waals surface area contributed by atoms with Crippen LogP contribution in [-0.4, -0.2) is 28.4 Å². The summed E-state index contributed by atoms with van der Waals surface area (Å²) >= 11 is 6.63. The van der Waals surface area contributed by atoms with Crippen LogP contribution < -0.4 is 11.3 Å². The molecule has 1 aliphatic heterocycles. The number of benzene rings is 2. The predicted octanol–water partition coefficient (Wildman–Crippen LogP) is 4.26. The van der Waals surface area contributed by atoms with Gasteiger partial charge < -0.3 is 14.4 Å². The second-order valence-electron chi connectivity index (χ2n) is 8.63. The van der Waals surface area contributed by atoms with Crippen molar-refractivity contribution in [3.05, 3.63) is 70.4 Å². The Balaban J connectivity index is 1.48. The van der Waals surface area contributed by atoms with Crippen molar-refractivity contribution in [3.8, 4) is 0 Å². The molecule has 2 aromatic carbocycles. The van der Waals surface area contributed by atoms with Gasteiger partial charge in [-0.05, 0) is 54.0 Å². The lowest BCUT2D eigenvalue weighted by atomic mass is 10.0. The highest BCUT2D eigenvalue weighted by Gasteiger charge is 2.30. The minimum absolute atomic E-state index is 0.126. The Hall–Kier alpha value is -1.89. The van der Waals surface area contributed by atoms with Gasteiger partial charge in [0.05, 0.1) is 22.7 Å². The molecule has 6 heteroatoms. The van der Waals surface area contributed by atoms with Gasteiger partial charge in [0.15, 0.2) is 0 Å². The van der Waals surface area contributed by atoms with Crippen LogP contribution >= 0.6 is 11.6 Å². The fraction of sp³-hybridized carbons (Fsp3) is 0.417. The summed E-state index contributed by atoms with van der Waals surface area (Å²) in [6.45, 7) is 0.508. The highest BCUT2D eigenvalue weighted by atomic mass is 35.5. The molecule has 3 atom stereocenters. The molecular weight excluding hydrogens is 398 g/mol. The molecule has 4 N–H and O–H groups in total. The largest absolute Gasteiger partial charge is 0.393 e. The molecule has 5 nitrogen and oxygen atoms in total. The number of rotatable bonds is 6. The number of aliphatic hydroxyl groups excluding tert-OH is 1. The Kier molecular flexibility index (Phi) is 5.56. The van der Waals surface area contributed by atoms with Crippen LogP contribution in [-0.2, 0) is 11.2 Å². The molecule has 0 unspecified atom stereocenters. The number of fused-ring (bicyclic) bond motifs is 1. The molecular formula is C24H28ClN3O2. The zero-order valence-electron chi connectivity index (χ0n) is 16.9. The number of ether oxygens (including phenoxy) is 1. The number of hydrazine groups is 1.